The number of carboxylic acids is 1. The van der Waals surface area contributed by atoms with Crippen LogP contribution in [0.5, 0.6) is 0 Å². The van der Waals surface area contributed by atoms with E-state index in [1.807, 2.05) is 0 Å². The summed E-state index contributed by atoms with van der Waals surface area (Å²) in [6.07, 6.45) is 28.6. The smallest absolute Gasteiger partial charge is 0.309 e. The molecule has 4 unspecified atom stereocenters. The highest BCUT2D eigenvalue weighted by Gasteiger charge is 2.72. The maximum atomic E-state index is 15.0. The molecule has 1 aliphatic heterocycles. The number of carboxylic acid groups (broad SMARTS) is 1. The zero-order valence-corrected chi connectivity index (χ0v) is 45.5. The largest absolute Gasteiger partial charge is 0.481 e. The molecule has 3 N–H and O–H groups in total. The van der Waals surface area contributed by atoms with E-state index in [-0.39, 0.29) is 63.4 Å². The van der Waals surface area contributed by atoms with Crippen molar-refractivity contribution in [3.63, 3.8) is 0 Å². The van der Waals surface area contributed by atoms with Gasteiger partial charge in [-0.15, -0.1) is 0 Å². The third-order valence-corrected chi connectivity index (χ3v) is 23.1. The number of ether oxygens (including phenoxy) is 1. The van der Waals surface area contributed by atoms with Crippen LogP contribution in [0.1, 0.15) is 230 Å². The minimum Gasteiger partial charge on any atom is -0.481 e. The number of rotatable bonds is 10. The Hall–Kier alpha value is -2.42. The van der Waals surface area contributed by atoms with E-state index in [1.165, 1.54) is 76.2 Å². The van der Waals surface area contributed by atoms with Gasteiger partial charge < -0.3 is 25.4 Å². The van der Waals surface area contributed by atoms with Crippen molar-refractivity contribution < 1.29 is 29.0 Å². The van der Waals surface area contributed by atoms with Gasteiger partial charge in [0, 0.05) is 42.5 Å². The third-order valence-electron chi connectivity index (χ3n) is 23.1. The van der Waals surface area contributed by atoms with Crippen molar-refractivity contribution >= 4 is 23.8 Å². The van der Waals surface area contributed by atoms with Crippen LogP contribution >= 0.6 is 0 Å². The standard InChI is InChI=1S/C48H76N2O6.C12H23N/c1-29(2)30-17-22-48(40(53)49-35-27-32(43(35,5)6)39(52)50-25-13-12-14-26-50)24-23-46(10)31(38(30)48)15-16-34-45(9)20-19-36(56-37(51)28-42(3,4)41(54)55)44(7,8)33(45)18-21-47(34,46)11;1-3-7-11(8-4-1)13-12-9-5-2-6-10-12/h30-36,38H,1,12-28H2,2-11H3,(H,49,53)(H,54,55);11-13H,1-10H2/t30-,31?,32+,33?,34?,35+,36-,38?,45-,46+,47+,48-;/m0./s1. The molecule has 1 heterocycles. The van der Waals surface area contributed by atoms with Crippen LogP contribution in [0.2, 0.25) is 0 Å². The minimum absolute atomic E-state index is 0.0193. The summed E-state index contributed by atoms with van der Waals surface area (Å²) < 4.78 is 6.20. The number of carbonyl (C=O) groups is 4. The first kappa shape index (κ1) is 52.9. The van der Waals surface area contributed by atoms with Gasteiger partial charge in [-0.3, -0.25) is 19.2 Å². The number of aliphatic carboxylic acids is 1. The molecule has 0 aromatic rings. The highest BCUT2D eigenvalue weighted by Crippen LogP contribution is 2.77. The molecule has 0 radical (unpaired) electrons. The number of esters is 1. The number of nitrogens with zero attached hydrogens (tertiary/aromatic N) is 1. The van der Waals surface area contributed by atoms with Gasteiger partial charge in [-0.25, -0.2) is 0 Å². The fraction of sp³-hybridized carbons (Fsp3) is 0.900. The van der Waals surface area contributed by atoms with Crippen LogP contribution in [0.25, 0.3) is 0 Å². The average molecular weight is 958 g/mol. The number of hydrogen-bond acceptors (Lipinski definition) is 6. The molecule has 0 bridgehead atoms. The molecule has 12 atom stereocenters. The lowest BCUT2D eigenvalue weighted by Gasteiger charge is -2.73. The predicted octanol–water partition coefficient (Wildman–Crippen LogP) is 12.8. The van der Waals surface area contributed by atoms with Crippen LogP contribution in [0.4, 0.5) is 0 Å². The summed E-state index contributed by atoms with van der Waals surface area (Å²) in [7, 11) is 0. The molecule has 9 nitrogen and oxygen atoms in total. The molecular formula is C60H99N3O6. The van der Waals surface area contributed by atoms with Gasteiger partial charge in [0.15, 0.2) is 0 Å². The normalized spacial score (nSPS) is 40.8. The lowest BCUT2D eigenvalue weighted by molar-refractivity contribution is -0.249. The van der Waals surface area contributed by atoms with Crippen molar-refractivity contribution in [2.75, 3.05) is 13.1 Å². The summed E-state index contributed by atoms with van der Waals surface area (Å²) in [4.78, 5) is 55.6. The number of hydrogen-bond donors (Lipinski definition) is 3. The molecule has 390 valence electrons. The van der Waals surface area contributed by atoms with E-state index in [2.05, 4.69) is 77.5 Å². The predicted molar refractivity (Wildman–Crippen MR) is 276 cm³/mol. The van der Waals surface area contributed by atoms with Gasteiger partial charge >= 0.3 is 11.9 Å². The Balaban J connectivity index is 0.000000424. The van der Waals surface area contributed by atoms with Gasteiger partial charge in [0.05, 0.1) is 17.3 Å². The highest BCUT2D eigenvalue weighted by atomic mass is 16.5. The Labute approximate surface area is 419 Å². The number of nitrogens with one attached hydrogen (secondary N) is 2. The molecule has 1 saturated heterocycles. The van der Waals surface area contributed by atoms with Crippen molar-refractivity contribution in [2.24, 2.45) is 73.4 Å². The second-order valence-corrected chi connectivity index (χ2v) is 27.9. The molecule has 0 aromatic heterocycles. The van der Waals surface area contributed by atoms with E-state index < -0.39 is 22.8 Å². The fourth-order valence-electron chi connectivity index (χ4n) is 18.5. The maximum Gasteiger partial charge on any atom is 0.309 e. The van der Waals surface area contributed by atoms with E-state index in [1.54, 1.807) is 13.8 Å². The topological polar surface area (TPSA) is 125 Å². The summed E-state index contributed by atoms with van der Waals surface area (Å²) >= 11 is 0. The summed E-state index contributed by atoms with van der Waals surface area (Å²) in [6.45, 7) is 28.5. The van der Waals surface area contributed by atoms with Gasteiger partial charge in [0.25, 0.3) is 0 Å². The Morgan fingerprint density at radius 1 is 0.681 bits per heavy atom. The SMILES string of the molecule is C1CCC(NC2CCCCC2)CC1.C=C(C)[C@@H]1CC[C@]2(C(=O)N[C@@H]3C[C@H](C(=O)N4CCCCC4)C3(C)C)CC[C@]3(C)C(CCC4[C@@]5(C)CC[C@H](OC(=O)CC(C)(C)C(=O)O)C(C)(C)C5CC[C@]43C)C12. The Morgan fingerprint density at radius 3 is 1.87 bits per heavy atom. The van der Waals surface area contributed by atoms with Crippen molar-refractivity contribution in [3.05, 3.63) is 12.2 Å². The number of allylic oxidation sites excluding steroid dienone is 1. The van der Waals surface area contributed by atoms with Crippen LogP contribution in [0, 0.1) is 73.4 Å². The molecule has 0 spiro atoms. The van der Waals surface area contributed by atoms with Crippen LogP contribution in [0.3, 0.4) is 0 Å². The van der Waals surface area contributed by atoms with Gasteiger partial charge in [0.1, 0.15) is 6.10 Å². The molecule has 0 aromatic carbocycles. The van der Waals surface area contributed by atoms with E-state index >= 15 is 4.79 Å². The Morgan fingerprint density at radius 2 is 1.29 bits per heavy atom. The van der Waals surface area contributed by atoms with E-state index in [0.29, 0.717) is 29.6 Å². The van der Waals surface area contributed by atoms with Crippen LogP contribution in [-0.4, -0.2) is 71.1 Å². The van der Waals surface area contributed by atoms with Crippen LogP contribution in [-0.2, 0) is 23.9 Å². The second-order valence-electron chi connectivity index (χ2n) is 27.9. The molecule has 8 aliphatic carbocycles. The number of piperidine rings is 1. The first-order valence-electron chi connectivity index (χ1n) is 28.9. The minimum atomic E-state index is -1.16. The van der Waals surface area contributed by atoms with Gasteiger partial charge in [-0.05, 0) is 188 Å². The number of fused-ring (bicyclic) bond motifs is 7. The monoisotopic (exact) mass is 958 g/mol. The zero-order valence-electron chi connectivity index (χ0n) is 45.5. The lowest BCUT2D eigenvalue weighted by Crippen LogP contribution is -2.68. The quantitative estimate of drug-likeness (QED) is 0.147. The molecular weight excluding hydrogens is 859 g/mol. The first-order valence-corrected chi connectivity index (χ1v) is 28.9. The fourth-order valence-corrected chi connectivity index (χ4v) is 18.5. The summed E-state index contributed by atoms with van der Waals surface area (Å²) in [5, 5.41) is 17.1. The number of likely N-dealkylation sites (tertiary alicyclic amines) is 1. The van der Waals surface area contributed by atoms with Crippen LogP contribution in [0.15, 0.2) is 12.2 Å². The van der Waals surface area contributed by atoms with Crippen molar-refractivity contribution in [1.82, 2.24) is 15.5 Å². The van der Waals surface area contributed by atoms with Gasteiger partial charge in [-0.2, -0.15) is 0 Å². The van der Waals surface area contributed by atoms with E-state index in [0.717, 1.165) is 109 Å². The van der Waals surface area contributed by atoms with Crippen molar-refractivity contribution in [1.29, 1.82) is 0 Å². The molecule has 8 saturated carbocycles. The number of carbonyl (C=O) groups excluding carboxylic acids is 3. The second kappa shape index (κ2) is 19.8. The molecule has 2 amide bonds. The molecule has 9 rings (SSSR count). The first-order chi connectivity index (χ1) is 32.4. The average Bonchev–Trinajstić information content (AvgIpc) is 3.71. The molecule has 9 fully saturated rings. The van der Waals surface area contributed by atoms with Crippen LogP contribution < -0.4 is 10.6 Å². The van der Waals surface area contributed by atoms with Gasteiger partial charge in [-0.1, -0.05) is 99.1 Å². The van der Waals surface area contributed by atoms with Crippen molar-refractivity contribution in [3.8, 4) is 0 Å². The lowest BCUT2D eigenvalue weighted by atomic mass is 9.32. The molecule has 9 heteroatoms. The zero-order chi connectivity index (χ0) is 50.0. The highest BCUT2D eigenvalue weighted by molar-refractivity contribution is 5.86. The molecule has 69 heavy (non-hydrogen) atoms. The maximum absolute atomic E-state index is 15.0. The summed E-state index contributed by atoms with van der Waals surface area (Å²) in [5.74, 6) is 1.12. The third kappa shape index (κ3) is 9.44. The molecule has 9 aliphatic rings. The van der Waals surface area contributed by atoms with Crippen molar-refractivity contribution in [2.45, 2.75) is 254 Å². The summed E-state index contributed by atoms with van der Waals surface area (Å²) in [6, 6.07) is 1.76. The Kier molecular flexibility index (Phi) is 15.2. The Bertz CT molecular complexity index is 1890. The summed E-state index contributed by atoms with van der Waals surface area (Å²) in [5.41, 5.74) is -0.492. The van der Waals surface area contributed by atoms with E-state index in [9.17, 15) is 19.5 Å². The number of amides is 2. The van der Waals surface area contributed by atoms with E-state index in [4.69, 9.17) is 4.74 Å². The van der Waals surface area contributed by atoms with Gasteiger partial charge in [0.2, 0.25) is 11.8 Å².